The molecule has 1 atom stereocenters. The van der Waals surface area contributed by atoms with Crippen LogP contribution in [0.15, 0.2) is 47.1 Å². The third-order valence-electron chi connectivity index (χ3n) is 7.56. The zero-order valence-electron chi connectivity index (χ0n) is 21.2. The van der Waals surface area contributed by atoms with Crippen molar-refractivity contribution in [2.45, 2.75) is 26.2 Å². The van der Waals surface area contributed by atoms with Crippen LogP contribution >= 0.6 is 0 Å². The number of aromatic amines is 1. The molecule has 0 aliphatic carbocycles. The minimum Gasteiger partial charge on any atom is -0.365 e. The van der Waals surface area contributed by atoms with Crippen molar-refractivity contribution in [3.05, 3.63) is 54.0 Å². The number of hydrazone groups is 1. The van der Waals surface area contributed by atoms with Crippen LogP contribution < -0.4 is 16.5 Å². The molecule has 3 aliphatic rings. The topological polar surface area (TPSA) is 167 Å². The van der Waals surface area contributed by atoms with Gasteiger partial charge in [-0.25, -0.2) is 9.98 Å². The van der Waals surface area contributed by atoms with E-state index in [9.17, 15) is 9.59 Å². The highest BCUT2D eigenvalue weighted by Gasteiger charge is 2.45. The lowest BCUT2D eigenvalue weighted by Gasteiger charge is -2.29. The number of primary amides is 1. The Morgan fingerprint density at radius 3 is 2.74 bits per heavy atom. The van der Waals surface area contributed by atoms with E-state index in [-0.39, 0.29) is 17.4 Å². The van der Waals surface area contributed by atoms with Gasteiger partial charge in [0.05, 0.1) is 34.6 Å². The van der Waals surface area contributed by atoms with Crippen LogP contribution in [0.5, 0.6) is 0 Å². The molecule has 12 nitrogen and oxygen atoms in total. The number of nitrogens with zero attached hydrogens (tertiary/aromatic N) is 6. The molecule has 6 rings (SSSR count). The van der Waals surface area contributed by atoms with Crippen LogP contribution in [0.3, 0.4) is 0 Å². The number of hydrogen-bond donors (Lipinski definition) is 4. The second-order valence-electron chi connectivity index (χ2n) is 10.3. The number of amidine groups is 1. The lowest BCUT2D eigenvalue weighted by Crippen LogP contribution is -2.38. The normalized spacial score (nSPS) is 21.8. The van der Waals surface area contributed by atoms with Crippen LogP contribution in [0.1, 0.15) is 47.9 Å². The largest absolute Gasteiger partial charge is 0.365 e. The van der Waals surface area contributed by atoms with Gasteiger partial charge in [0, 0.05) is 24.5 Å². The van der Waals surface area contributed by atoms with Crippen molar-refractivity contribution < 1.29 is 9.59 Å². The summed E-state index contributed by atoms with van der Waals surface area (Å²) in [5, 5.41) is 7.58. The first kappa shape index (κ1) is 23.9. The number of pyridine rings is 2. The fourth-order valence-corrected chi connectivity index (χ4v) is 5.29. The van der Waals surface area contributed by atoms with Gasteiger partial charge in [0.2, 0.25) is 5.91 Å². The van der Waals surface area contributed by atoms with Crippen LogP contribution in [-0.2, 0) is 4.79 Å². The standard InChI is InChI=1S/C26H28N10O2/c1-26-8-16(15-7-17(11-28-9-15)31-24(38)14-3-5-36(2)6-4-14)10-30-25(26)35-34-21(26)23-32-19-13-29-12-18(22(27)37)20(19)33-23/h7,9-14H,3-6,8H2,1-2H3,(H2,27,37)(H,30,35)(H,31,38)(H,32,33). The quantitative estimate of drug-likeness (QED) is 0.405. The summed E-state index contributed by atoms with van der Waals surface area (Å²) in [5.41, 5.74) is 12.4. The zero-order chi connectivity index (χ0) is 26.4. The molecule has 0 radical (unpaired) electrons. The molecule has 3 aromatic rings. The number of imidazole rings is 1. The molecule has 3 aromatic heterocycles. The minimum absolute atomic E-state index is 0.00671. The van der Waals surface area contributed by atoms with Crippen LogP contribution in [0.4, 0.5) is 5.69 Å². The van der Waals surface area contributed by atoms with Gasteiger partial charge in [0.15, 0.2) is 5.82 Å². The highest BCUT2D eigenvalue weighted by Crippen LogP contribution is 2.41. The van der Waals surface area contributed by atoms with E-state index in [1.807, 2.05) is 13.0 Å². The molecule has 0 spiro atoms. The summed E-state index contributed by atoms with van der Waals surface area (Å²) in [4.78, 5) is 47.9. The van der Waals surface area contributed by atoms with Gasteiger partial charge in [-0.15, -0.1) is 0 Å². The highest BCUT2D eigenvalue weighted by molar-refractivity contribution is 6.22. The molecule has 12 heteroatoms. The summed E-state index contributed by atoms with van der Waals surface area (Å²) in [6.07, 6.45) is 10.5. The fourth-order valence-electron chi connectivity index (χ4n) is 5.29. The van der Waals surface area contributed by atoms with Crippen molar-refractivity contribution in [2.24, 2.45) is 27.2 Å². The molecule has 5 N–H and O–H groups in total. The number of H-pyrrole nitrogens is 1. The Morgan fingerprint density at radius 1 is 1.16 bits per heavy atom. The number of rotatable bonds is 5. The van der Waals surface area contributed by atoms with Crippen molar-refractivity contribution in [3.8, 4) is 0 Å². The number of nitrogens with two attached hydrogens (primary N) is 1. The first-order chi connectivity index (χ1) is 18.3. The molecule has 0 aromatic carbocycles. The Kier molecular flexibility index (Phi) is 5.75. The number of piperidine rings is 1. The van der Waals surface area contributed by atoms with E-state index in [2.05, 4.69) is 52.7 Å². The molecular formula is C26H28N10O2. The van der Waals surface area contributed by atoms with Crippen molar-refractivity contribution >= 4 is 45.7 Å². The number of fused-ring (bicyclic) bond motifs is 2. The van der Waals surface area contributed by atoms with E-state index in [1.54, 1.807) is 24.8 Å². The maximum atomic E-state index is 12.8. The lowest BCUT2D eigenvalue weighted by atomic mass is 9.76. The lowest BCUT2D eigenvalue weighted by molar-refractivity contribution is -0.121. The van der Waals surface area contributed by atoms with Gasteiger partial charge in [-0.3, -0.25) is 25.0 Å². The number of anilines is 1. The van der Waals surface area contributed by atoms with E-state index < -0.39 is 11.3 Å². The Bertz CT molecular complexity index is 1550. The summed E-state index contributed by atoms with van der Waals surface area (Å²) in [7, 11) is 2.08. The Labute approximate surface area is 218 Å². The number of allylic oxidation sites excluding steroid dienone is 1. The van der Waals surface area contributed by atoms with Crippen molar-refractivity contribution in [1.29, 1.82) is 0 Å². The second-order valence-corrected chi connectivity index (χ2v) is 10.3. The predicted octanol–water partition coefficient (Wildman–Crippen LogP) is 1.89. The molecule has 1 saturated heterocycles. The van der Waals surface area contributed by atoms with Crippen LogP contribution in [0.2, 0.25) is 0 Å². The smallest absolute Gasteiger partial charge is 0.252 e. The summed E-state index contributed by atoms with van der Waals surface area (Å²) < 4.78 is 0. The third kappa shape index (κ3) is 4.12. The predicted molar refractivity (Wildman–Crippen MR) is 143 cm³/mol. The van der Waals surface area contributed by atoms with Gasteiger partial charge in [-0.2, -0.15) is 5.10 Å². The number of hydrogen-bond acceptors (Lipinski definition) is 9. The molecule has 1 fully saturated rings. The molecule has 194 valence electrons. The van der Waals surface area contributed by atoms with Gasteiger partial charge in [0.25, 0.3) is 5.91 Å². The van der Waals surface area contributed by atoms with E-state index in [0.717, 1.165) is 37.1 Å². The Hall–Kier alpha value is -4.45. The monoisotopic (exact) mass is 512 g/mol. The van der Waals surface area contributed by atoms with Crippen molar-refractivity contribution in [1.82, 2.24) is 30.3 Å². The molecule has 6 heterocycles. The molecule has 1 unspecified atom stereocenters. The van der Waals surface area contributed by atoms with Gasteiger partial charge in [0.1, 0.15) is 17.1 Å². The number of nitrogens with one attached hydrogen (secondary N) is 3. The molecule has 3 aliphatic heterocycles. The summed E-state index contributed by atoms with van der Waals surface area (Å²) in [6, 6.07) is 1.93. The average Bonchev–Trinajstić information content (AvgIpc) is 3.48. The van der Waals surface area contributed by atoms with Crippen LogP contribution in [-0.4, -0.2) is 68.3 Å². The van der Waals surface area contributed by atoms with Gasteiger partial charge < -0.3 is 20.9 Å². The van der Waals surface area contributed by atoms with Gasteiger partial charge in [-0.05, 0) is 63.5 Å². The van der Waals surface area contributed by atoms with Crippen molar-refractivity contribution in [3.63, 3.8) is 0 Å². The number of carbonyl (C=O) groups excluding carboxylic acids is 2. The van der Waals surface area contributed by atoms with Crippen molar-refractivity contribution in [2.75, 3.05) is 25.5 Å². The number of amides is 2. The average molecular weight is 513 g/mol. The summed E-state index contributed by atoms with van der Waals surface area (Å²) in [6.45, 7) is 3.88. The second kappa shape index (κ2) is 9.14. The highest BCUT2D eigenvalue weighted by atomic mass is 16.2. The SMILES string of the molecule is CN1CCC(C(=O)Nc2cncc(C3=CN=C4NN=C(c5nc6c(C(N)=O)cncc6[nH]5)C4(C)C3)c2)CC1. The molecule has 38 heavy (non-hydrogen) atoms. The molecular weight excluding hydrogens is 484 g/mol. The number of likely N-dealkylation sites (tertiary alicyclic amines) is 1. The van der Waals surface area contributed by atoms with Gasteiger partial charge in [-0.1, -0.05) is 0 Å². The third-order valence-corrected chi connectivity index (χ3v) is 7.56. The first-order valence-corrected chi connectivity index (χ1v) is 12.5. The van der Waals surface area contributed by atoms with Crippen LogP contribution in [0.25, 0.3) is 16.6 Å². The summed E-state index contributed by atoms with van der Waals surface area (Å²) in [5.74, 6) is 0.649. The number of carbonyl (C=O) groups is 2. The number of aromatic nitrogens is 4. The summed E-state index contributed by atoms with van der Waals surface area (Å²) >= 11 is 0. The molecule has 2 amide bonds. The maximum Gasteiger partial charge on any atom is 0.252 e. The van der Waals surface area contributed by atoms with E-state index in [0.29, 0.717) is 40.5 Å². The maximum absolute atomic E-state index is 12.8. The Balaban J connectivity index is 1.24. The Morgan fingerprint density at radius 2 is 1.95 bits per heavy atom. The first-order valence-electron chi connectivity index (χ1n) is 12.5. The fraction of sp³-hybridized carbons (Fsp3) is 0.346. The number of aliphatic imine (C=N–C) groups is 1. The van der Waals surface area contributed by atoms with E-state index in [1.165, 1.54) is 6.20 Å². The van der Waals surface area contributed by atoms with Crippen LogP contribution in [0, 0.1) is 11.3 Å². The minimum atomic E-state index is -0.606. The zero-order valence-corrected chi connectivity index (χ0v) is 21.2. The van der Waals surface area contributed by atoms with Gasteiger partial charge >= 0.3 is 0 Å². The van der Waals surface area contributed by atoms with E-state index in [4.69, 9.17) is 5.73 Å². The molecule has 0 saturated carbocycles. The van der Waals surface area contributed by atoms with E-state index >= 15 is 0 Å². The molecule has 0 bridgehead atoms.